The summed E-state index contributed by atoms with van der Waals surface area (Å²) in [6, 6.07) is 10.6. The standard InChI is InChI=1S/C25H29FN4O2/c1-3-6-18-7-4-8-19(23(18)31)17-29-13-15-30(16-14-29)22-20(9-5-10-21(22)26)24(32)25-27-11-12-28(25)2/h3-5,7-12,24,31-32H,1,6,13-17H2,2H3/t24-/m1/s1. The number of piperazine rings is 1. The number of aliphatic hydroxyl groups is 1. The zero-order valence-electron chi connectivity index (χ0n) is 18.3. The van der Waals surface area contributed by atoms with Gasteiger partial charge in [0, 0.05) is 63.3 Å². The highest BCUT2D eigenvalue weighted by Gasteiger charge is 2.27. The average Bonchev–Trinajstić information content (AvgIpc) is 3.22. The molecule has 0 radical (unpaired) electrons. The Kier molecular flexibility index (Phi) is 6.58. The fourth-order valence-corrected chi connectivity index (χ4v) is 4.33. The molecule has 0 unspecified atom stereocenters. The SMILES string of the molecule is C=CCc1cccc(CN2CCN(c3c(F)cccc3[C@@H](O)c3nccn3C)CC2)c1O. The van der Waals surface area contributed by atoms with Crippen molar-refractivity contribution in [3.63, 3.8) is 0 Å². The highest BCUT2D eigenvalue weighted by atomic mass is 19.1. The van der Waals surface area contributed by atoms with E-state index in [4.69, 9.17) is 0 Å². The lowest BCUT2D eigenvalue weighted by Gasteiger charge is -2.37. The van der Waals surface area contributed by atoms with E-state index in [0.29, 0.717) is 48.9 Å². The number of aromatic hydroxyl groups is 1. The van der Waals surface area contributed by atoms with Gasteiger partial charge in [-0.3, -0.25) is 4.90 Å². The molecular weight excluding hydrogens is 407 g/mol. The van der Waals surface area contributed by atoms with E-state index in [0.717, 1.165) is 24.2 Å². The Bertz CT molecular complexity index is 1090. The highest BCUT2D eigenvalue weighted by molar-refractivity contribution is 5.57. The summed E-state index contributed by atoms with van der Waals surface area (Å²) in [7, 11) is 1.81. The van der Waals surface area contributed by atoms with Crippen LogP contribution in [0.25, 0.3) is 0 Å². The molecule has 2 N–H and O–H groups in total. The van der Waals surface area contributed by atoms with Gasteiger partial charge in [-0.15, -0.1) is 6.58 Å². The summed E-state index contributed by atoms with van der Waals surface area (Å²) in [6.45, 7) is 7.05. The molecule has 1 fully saturated rings. The second-order valence-electron chi connectivity index (χ2n) is 8.16. The summed E-state index contributed by atoms with van der Waals surface area (Å²) < 4.78 is 16.7. The molecule has 7 heteroatoms. The molecular formula is C25H29FN4O2. The molecule has 1 aliphatic rings. The maximum absolute atomic E-state index is 14.9. The van der Waals surface area contributed by atoms with E-state index in [9.17, 15) is 14.6 Å². The summed E-state index contributed by atoms with van der Waals surface area (Å²) in [5, 5.41) is 21.5. The van der Waals surface area contributed by atoms with Crippen LogP contribution in [0, 0.1) is 5.82 Å². The van der Waals surface area contributed by atoms with Crippen LogP contribution in [-0.2, 0) is 20.0 Å². The largest absolute Gasteiger partial charge is 0.507 e. The predicted molar refractivity (Wildman–Crippen MR) is 123 cm³/mol. The van der Waals surface area contributed by atoms with E-state index < -0.39 is 6.10 Å². The van der Waals surface area contributed by atoms with E-state index >= 15 is 0 Å². The quantitative estimate of drug-likeness (QED) is 0.556. The molecule has 1 saturated heterocycles. The number of halogens is 1. The Hall–Kier alpha value is -3.16. The molecule has 1 aromatic heterocycles. The Morgan fingerprint density at radius 2 is 1.84 bits per heavy atom. The van der Waals surface area contributed by atoms with Crippen LogP contribution in [0.15, 0.2) is 61.4 Å². The lowest BCUT2D eigenvalue weighted by molar-refractivity contribution is 0.205. The number of anilines is 1. The van der Waals surface area contributed by atoms with Gasteiger partial charge in [-0.25, -0.2) is 9.37 Å². The minimum atomic E-state index is -1.01. The third-order valence-electron chi connectivity index (χ3n) is 6.07. The van der Waals surface area contributed by atoms with E-state index in [1.165, 1.54) is 6.07 Å². The van der Waals surface area contributed by atoms with Crippen LogP contribution in [0.1, 0.15) is 28.6 Å². The lowest BCUT2D eigenvalue weighted by atomic mass is 10.0. The molecule has 0 bridgehead atoms. The maximum atomic E-state index is 14.9. The van der Waals surface area contributed by atoms with Crippen LogP contribution in [0.4, 0.5) is 10.1 Å². The number of nitrogens with zero attached hydrogens (tertiary/aromatic N) is 4. The summed E-state index contributed by atoms with van der Waals surface area (Å²) in [5.74, 6) is 0.453. The molecule has 2 aromatic carbocycles. The number of benzene rings is 2. The molecule has 2 heterocycles. The number of phenolic OH excluding ortho intramolecular Hbond substituents is 1. The molecule has 3 aromatic rings. The number of phenols is 1. The second-order valence-corrected chi connectivity index (χ2v) is 8.16. The van der Waals surface area contributed by atoms with Gasteiger partial charge in [0.25, 0.3) is 0 Å². The maximum Gasteiger partial charge on any atom is 0.146 e. The van der Waals surface area contributed by atoms with E-state index in [-0.39, 0.29) is 5.82 Å². The molecule has 168 valence electrons. The van der Waals surface area contributed by atoms with Gasteiger partial charge in [0.15, 0.2) is 0 Å². The monoisotopic (exact) mass is 436 g/mol. The first-order valence-electron chi connectivity index (χ1n) is 10.8. The van der Waals surface area contributed by atoms with E-state index in [1.807, 2.05) is 30.1 Å². The van der Waals surface area contributed by atoms with Gasteiger partial charge in [-0.2, -0.15) is 0 Å². The van der Waals surface area contributed by atoms with Crippen molar-refractivity contribution in [1.29, 1.82) is 0 Å². The summed E-state index contributed by atoms with van der Waals surface area (Å²) >= 11 is 0. The molecule has 1 atom stereocenters. The van der Waals surface area contributed by atoms with Crippen molar-refractivity contribution in [3.05, 3.63) is 89.8 Å². The highest BCUT2D eigenvalue weighted by Crippen LogP contribution is 2.33. The van der Waals surface area contributed by atoms with Crippen molar-refractivity contribution >= 4 is 5.69 Å². The molecule has 0 aliphatic carbocycles. The first-order valence-corrected chi connectivity index (χ1v) is 10.8. The third-order valence-corrected chi connectivity index (χ3v) is 6.07. The van der Waals surface area contributed by atoms with Crippen molar-refractivity contribution in [2.24, 2.45) is 7.05 Å². The van der Waals surface area contributed by atoms with Crippen LogP contribution in [-0.4, -0.2) is 50.8 Å². The van der Waals surface area contributed by atoms with Gasteiger partial charge < -0.3 is 19.7 Å². The Morgan fingerprint density at radius 3 is 2.53 bits per heavy atom. The van der Waals surface area contributed by atoms with Crippen LogP contribution in [0.5, 0.6) is 5.75 Å². The summed E-state index contributed by atoms with van der Waals surface area (Å²) in [5.41, 5.74) is 2.70. The van der Waals surface area contributed by atoms with Crippen LogP contribution in [0.2, 0.25) is 0 Å². The van der Waals surface area contributed by atoms with Crippen molar-refractivity contribution in [1.82, 2.24) is 14.5 Å². The van der Waals surface area contributed by atoms with Crippen LogP contribution in [0.3, 0.4) is 0 Å². The number of hydrogen-bond donors (Lipinski definition) is 2. The van der Waals surface area contributed by atoms with Gasteiger partial charge >= 0.3 is 0 Å². The molecule has 1 aliphatic heterocycles. The number of para-hydroxylation sites is 2. The Morgan fingerprint density at radius 1 is 1.12 bits per heavy atom. The van der Waals surface area contributed by atoms with Crippen LogP contribution < -0.4 is 4.90 Å². The van der Waals surface area contributed by atoms with E-state index in [1.54, 1.807) is 35.2 Å². The van der Waals surface area contributed by atoms with Crippen molar-refractivity contribution < 1.29 is 14.6 Å². The van der Waals surface area contributed by atoms with E-state index in [2.05, 4.69) is 16.5 Å². The van der Waals surface area contributed by atoms with Gasteiger partial charge in [0.05, 0.1) is 5.69 Å². The number of aryl methyl sites for hydroxylation is 1. The fraction of sp³-hybridized carbons (Fsp3) is 0.320. The molecule has 0 saturated carbocycles. The first kappa shape index (κ1) is 22.0. The molecule has 0 spiro atoms. The number of imidazole rings is 1. The van der Waals surface area contributed by atoms with Crippen molar-refractivity contribution in [3.8, 4) is 5.75 Å². The van der Waals surface area contributed by atoms with Crippen LogP contribution >= 0.6 is 0 Å². The number of aliphatic hydroxyl groups excluding tert-OH is 1. The Balaban J connectivity index is 1.49. The van der Waals surface area contributed by atoms with Gasteiger partial charge in [0.1, 0.15) is 23.5 Å². The smallest absolute Gasteiger partial charge is 0.146 e. The average molecular weight is 437 g/mol. The van der Waals surface area contributed by atoms with Crippen molar-refractivity contribution in [2.75, 3.05) is 31.1 Å². The summed E-state index contributed by atoms with van der Waals surface area (Å²) in [4.78, 5) is 8.47. The molecule has 6 nitrogen and oxygen atoms in total. The number of allylic oxidation sites excluding steroid dienone is 1. The normalized spacial score (nSPS) is 15.7. The number of hydrogen-bond acceptors (Lipinski definition) is 5. The summed E-state index contributed by atoms with van der Waals surface area (Å²) in [6.07, 6.45) is 4.78. The fourth-order valence-electron chi connectivity index (χ4n) is 4.33. The number of rotatable bonds is 7. The van der Waals surface area contributed by atoms with Gasteiger partial charge in [-0.1, -0.05) is 36.4 Å². The molecule has 0 amide bonds. The topological polar surface area (TPSA) is 64.8 Å². The van der Waals surface area contributed by atoms with Gasteiger partial charge in [-0.05, 0) is 18.1 Å². The predicted octanol–water partition coefficient (Wildman–Crippen LogP) is 3.40. The zero-order chi connectivity index (χ0) is 22.7. The number of aromatic nitrogens is 2. The zero-order valence-corrected chi connectivity index (χ0v) is 18.3. The molecule has 32 heavy (non-hydrogen) atoms. The first-order chi connectivity index (χ1) is 15.5. The second kappa shape index (κ2) is 9.54. The third kappa shape index (κ3) is 4.40. The minimum Gasteiger partial charge on any atom is -0.507 e. The molecule has 4 rings (SSSR count). The lowest BCUT2D eigenvalue weighted by Crippen LogP contribution is -2.46. The van der Waals surface area contributed by atoms with Crippen molar-refractivity contribution in [2.45, 2.75) is 19.1 Å². The minimum absolute atomic E-state index is 0.324. The van der Waals surface area contributed by atoms with Gasteiger partial charge in [0.2, 0.25) is 0 Å². The Labute approximate surface area is 187 Å².